The summed E-state index contributed by atoms with van der Waals surface area (Å²) in [6, 6.07) is 9.48. The van der Waals surface area contributed by atoms with Crippen LogP contribution in [0.1, 0.15) is 5.56 Å². The van der Waals surface area contributed by atoms with Gasteiger partial charge in [-0.3, -0.25) is 0 Å². The molecule has 0 radical (unpaired) electrons. The summed E-state index contributed by atoms with van der Waals surface area (Å²) in [6.45, 7) is 3.58. The minimum absolute atomic E-state index is 0.392. The number of carbonyl (C=O) groups is 1. The van der Waals surface area contributed by atoms with Crippen molar-refractivity contribution in [2.75, 3.05) is 7.05 Å². The van der Waals surface area contributed by atoms with Gasteiger partial charge in [0.2, 0.25) is 0 Å². The Kier molecular flexibility index (Phi) is 3.63. The number of aliphatic carboxylic acids is 1. The molecule has 1 aromatic rings. The standard InChI is InChI=1S/C12H15NO2/c1-3-12(13-2,11(14)15)9-10-7-5-4-6-8-10/h3-8,13H,1,9H2,2H3,(H,14,15). The smallest absolute Gasteiger partial charge is 0.328 e. The van der Waals surface area contributed by atoms with Gasteiger partial charge in [-0.15, -0.1) is 6.58 Å². The minimum Gasteiger partial charge on any atom is -0.480 e. The first-order chi connectivity index (χ1) is 7.14. The van der Waals surface area contributed by atoms with Crippen molar-refractivity contribution in [3.05, 3.63) is 48.6 Å². The number of nitrogens with one attached hydrogen (secondary N) is 1. The van der Waals surface area contributed by atoms with E-state index >= 15 is 0 Å². The molecule has 0 bridgehead atoms. The maximum Gasteiger partial charge on any atom is 0.328 e. The lowest BCUT2D eigenvalue weighted by Crippen LogP contribution is -2.50. The number of carboxylic acid groups (broad SMARTS) is 1. The summed E-state index contributed by atoms with van der Waals surface area (Å²) in [7, 11) is 1.62. The van der Waals surface area contributed by atoms with Crippen molar-refractivity contribution in [2.45, 2.75) is 12.0 Å². The van der Waals surface area contributed by atoms with E-state index in [1.54, 1.807) is 7.05 Å². The molecular formula is C12H15NO2. The van der Waals surface area contributed by atoms with Gasteiger partial charge in [0.1, 0.15) is 5.54 Å². The largest absolute Gasteiger partial charge is 0.480 e. The third kappa shape index (κ3) is 2.44. The van der Waals surface area contributed by atoms with Gasteiger partial charge in [-0.25, -0.2) is 4.79 Å². The summed E-state index contributed by atoms with van der Waals surface area (Å²) in [5, 5.41) is 11.9. The van der Waals surface area contributed by atoms with Crippen molar-refractivity contribution in [2.24, 2.45) is 0 Å². The fourth-order valence-electron chi connectivity index (χ4n) is 1.45. The molecule has 2 N–H and O–H groups in total. The topological polar surface area (TPSA) is 49.3 Å². The van der Waals surface area contributed by atoms with Crippen molar-refractivity contribution in [1.29, 1.82) is 0 Å². The molecule has 0 aliphatic carbocycles. The molecule has 1 unspecified atom stereocenters. The van der Waals surface area contributed by atoms with E-state index in [2.05, 4.69) is 11.9 Å². The molecule has 0 heterocycles. The van der Waals surface area contributed by atoms with Gasteiger partial charge in [0, 0.05) is 6.42 Å². The molecule has 0 saturated carbocycles. The molecule has 1 rings (SSSR count). The summed E-state index contributed by atoms with van der Waals surface area (Å²) in [4.78, 5) is 11.2. The van der Waals surface area contributed by atoms with E-state index in [-0.39, 0.29) is 0 Å². The maximum absolute atomic E-state index is 11.2. The molecular weight excluding hydrogens is 190 g/mol. The number of likely N-dealkylation sites (N-methyl/N-ethyl adjacent to an activating group) is 1. The van der Waals surface area contributed by atoms with Crippen molar-refractivity contribution < 1.29 is 9.90 Å². The zero-order valence-corrected chi connectivity index (χ0v) is 8.73. The van der Waals surface area contributed by atoms with Gasteiger partial charge in [0.25, 0.3) is 0 Å². The Morgan fingerprint density at radius 2 is 2.13 bits per heavy atom. The lowest BCUT2D eigenvalue weighted by atomic mass is 9.91. The first-order valence-corrected chi connectivity index (χ1v) is 4.74. The molecule has 1 aromatic carbocycles. The highest BCUT2D eigenvalue weighted by molar-refractivity contribution is 5.81. The number of hydrogen-bond acceptors (Lipinski definition) is 2. The molecule has 0 aromatic heterocycles. The highest BCUT2D eigenvalue weighted by Crippen LogP contribution is 2.14. The highest BCUT2D eigenvalue weighted by Gasteiger charge is 2.33. The van der Waals surface area contributed by atoms with Crippen LogP contribution in [0.15, 0.2) is 43.0 Å². The quantitative estimate of drug-likeness (QED) is 0.715. The monoisotopic (exact) mass is 205 g/mol. The summed E-state index contributed by atoms with van der Waals surface area (Å²) < 4.78 is 0. The molecule has 3 nitrogen and oxygen atoms in total. The molecule has 0 aliphatic heterocycles. The summed E-state index contributed by atoms with van der Waals surface area (Å²) in [5.41, 5.74) is -0.115. The van der Waals surface area contributed by atoms with Crippen LogP contribution < -0.4 is 5.32 Å². The van der Waals surface area contributed by atoms with E-state index in [0.29, 0.717) is 6.42 Å². The van der Waals surface area contributed by atoms with E-state index in [0.717, 1.165) is 5.56 Å². The van der Waals surface area contributed by atoms with E-state index in [1.165, 1.54) is 6.08 Å². The van der Waals surface area contributed by atoms with Gasteiger partial charge >= 0.3 is 5.97 Å². The van der Waals surface area contributed by atoms with E-state index in [1.807, 2.05) is 30.3 Å². The van der Waals surface area contributed by atoms with Crippen molar-refractivity contribution in [3.63, 3.8) is 0 Å². The number of rotatable bonds is 5. The highest BCUT2D eigenvalue weighted by atomic mass is 16.4. The maximum atomic E-state index is 11.2. The third-order valence-electron chi connectivity index (χ3n) is 2.50. The SMILES string of the molecule is C=CC(Cc1ccccc1)(NC)C(=O)O. The Morgan fingerprint density at radius 3 is 2.53 bits per heavy atom. The second-order valence-electron chi connectivity index (χ2n) is 3.39. The van der Waals surface area contributed by atoms with Crippen LogP contribution in [0.5, 0.6) is 0 Å². The summed E-state index contributed by atoms with van der Waals surface area (Å²) >= 11 is 0. The lowest BCUT2D eigenvalue weighted by molar-refractivity contribution is -0.142. The van der Waals surface area contributed by atoms with Gasteiger partial charge < -0.3 is 10.4 Å². The van der Waals surface area contributed by atoms with Gasteiger partial charge in [-0.1, -0.05) is 36.4 Å². The predicted molar refractivity (Wildman–Crippen MR) is 59.8 cm³/mol. The molecule has 15 heavy (non-hydrogen) atoms. The molecule has 3 heteroatoms. The van der Waals surface area contributed by atoms with E-state index in [9.17, 15) is 4.79 Å². The van der Waals surface area contributed by atoms with Crippen LogP contribution in [0.3, 0.4) is 0 Å². The van der Waals surface area contributed by atoms with Crippen molar-refractivity contribution >= 4 is 5.97 Å². The Hall–Kier alpha value is -1.61. The molecule has 0 spiro atoms. The minimum atomic E-state index is -1.08. The summed E-state index contributed by atoms with van der Waals surface area (Å²) in [5.74, 6) is -0.913. The molecule has 80 valence electrons. The van der Waals surface area contributed by atoms with Crippen molar-refractivity contribution in [1.82, 2.24) is 5.32 Å². The number of hydrogen-bond donors (Lipinski definition) is 2. The van der Waals surface area contributed by atoms with E-state index in [4.69, 9.17) is 5.11 Å². The molecule has 0 saturated heterocycles. The molecule has 0 amide bonds. The third-order valence-corrected chi connectivity index (χ3v) is 2.50. The zero-order chi connectivity index (χ0) is 11.3. The van der Waals surface area contributed by atoms with Crippen LogP contribution in [0.25, 0.3) is 0 Å². The Labute approximate surface area is 89.4 Å². The lowest BCUT2D eigenvalue weighted by Gasteiger charge is -2.25. The average molecular weight is 205 g/mol. The van der Waals surface area contributed by atoms with Gasteiger partial charge in [0.15, 0.2) is 0 Å². The fourth-order valence-corrected chi connectivity index (χ4v) is 1.45. The Morgan fingerprint density at radius 1 is 1.53 bits per heavy atom. The second kappa shape index (κ2) is 4.75. The molecule has 1 atom stereocenters. The number of benzene rings is 1. The average Bonchev–Trinajstić information content (AvgIpc) is 2.27. The van der Waals surface area contributed by atoms with E-state index < -0.39 is 11.5 Å². The predicted octanol–water partition coefficient (Wildman–Crippen LogP) is 1.46. The van der Waals surface area contributed by atoms with Crippen LogP contribution in [0.4, 0.5) is 0 Å². The van der Waals surface area contributed by atoms with Crippen LogP contribution in [-0.2, 0) is 11.2 Å². The second-order valence-corrected chi connectivity index (χ2v) is 3.39. The Balaban J connectivity index is 2.94. The normalized spacial score (nSPS) is 14.2. The first-order valence-electron chi connectivity index (χ1n) is 4.74. The zero-order valence-electron chi connectivity index (χ0n) is 8.73. The van der Waals surface area contributed by atoms with Gasteiger partial charge in [0.05, 0.1) is 0 Å². The van der Waals surface area contributed by atoms with Crippen LogP contribution in [0.2, 0.25) is 0 Å². The van der Waals surface area contributed by atoms with Crippen LogP contribution >= 0.6 is 0 Å². The van der Waals surface area contributed by atoms with Gasteiger partial charge in [-0.2, -0.15) is 0 Å². The first kappa shape index (κ1) is 11.5. The molecule has 0 aliphatic rings. The summed E-state index contributed by atoms with van der Waals surface area (Å²) in [6.07, 6.45) is 1.82. The van der Waals surface area contributed by atoms with Gasteiger partial charge in [-0.05, 0) is 12.6 Å². The Bertz CT molecular complexity index is 348. The molecule has 0 fully saturated rings. The van der Waals surface area contributed by atoms with Crippen LogP contribution in [0, 0.1) is 0 Å². The number of carboxylic acids is 1. The van der Waals surface area contributed by atoms with Crippen molar-refractivity contribution in [3.8, 4) is 0 Å². The fraction of sp³-hybridized carbons (Fsp3) is 0.250. The van der Waals surface area contributed by atoms with Crippen LogP contribution in [-0.4, -0.2) is 23.7 Å².